The highest BCUT2D eigenvalue weighted by Gasteiger charge is 2.10. The summed E-state index contributed by atoms with van der Waals surface area (Å²) in [6, 6.07) is 9.50. The molecule has 5 heteroatoms. The minimum atomic E-state index is -0.164. The Morgan fingerprint density at radius 1 is 1.23 bits per heavy atom. The summed E-state index contributed by atoms with van der Waals surface area (Å²) in [5.74, 6) is 0.723. The van der Waals surface area contributed by atoms with Crippen molar-refractivity contribution in [3.8, 4) is 0 Å². The van der Waals surface area contributed by atoms with Crippen molar-refractivity contribution in [2.24, 2.45) is 0 Å². The van der Waals surface area contributed by atoms with Gasteiger partial charge in [-0.25, -0.2) is 4.98 Å². The highest BCUT2D eigenvalue weighted by Crippen LogP contribution is 2.24. The zero-order valence-electron chi connectivity index (χ0n) is 13.1. The molecule has 0 fully saturated rings. The van der Waals surface area contributed by atoms with Crippen molar-refractivity contribution in [3.63, 3.8) is 0 Å². The van der Waals surface area contributed by atoms with Crippen LogP contribution in [-0.4, -0.2) is 24.0 Å². The number of carbonyl (C=O) groups excluding carboxylic acids is 1. The lowest BCUT2D eigenvalue weighted by molar-refractivity contribution is 0.102. The lowest BCUT2D eigenvalue weighted by Crippen LogP contribution is -2.23. The molecule has 1 heterocycles. The number of aryl methyl sites for hydroxylation is 1. The average molecular weight is 362 g/mol. The fourth-order valence-electron chi connectivity index (χ4n) is 2.17. The highest BCUT2D eigenvalue weighted by molar-refractivity contribution is 9.10. The Morgan fingerprint density at radius 3 is 2.50 bits per heavy atom. The van der Waals surface area contributed by atoms with Gasteiger partial charge in [0.25, 0.3) is 5.91 Å². The second-order valence-electron chi connectivity index (χ2n) is 5.01. The zero-order valence-corrected chi connectivity index (χ0v) is 14.6. The Kier molecular flexibility index (Phi) is 5.55. The van der Waals surface area contributed by atoms with Crippen molar-refractivity contribution in [2.45, 2.75) is 20.8 Å². The van der Waals surface area contributed by atoms with Gasteiger partial charge < -0.3 is 10.2 Å². The average Bonchev–Trinajstić information content (AvgIpc) is 2.52. The predicted molar refractivity (Wildman–Crippen MR) is 94.6 cm³/mol. The molecule has 0 atom stereocenters. The number of anilines is 2. The number of hydrogen-bond donors (Lipinski definition) is 1. The van der Waals surface area contributed by atoms with Gasteiger partial charge in [0.15, 0.2) is 0 Å². The van der Waals surface area contributed by atoms with Crippen molar-refractivity contribution in [1.82, 2.24) is 4.98 Å². The van der Waals surface area contributed by atoms with Crippen LogP contribution in [0.15, 0.2) is 41.0 Å². The number of halogens is 1. The Morgan fingerprint density at radius 2 is 1.95 bits per heavy atom. The lowest BCUT2D eigenvalue weighted by atomic mass is 10.2. The first kappa shape index (κ1) is 16.5. The fourth-order valence-corrected chi connectivity index (χ4v) is 2.76. The molecule has 0 aliphatic rings. The standard InChI is InChI=1S/C17H20BrN3O/c1-4-21(5-2)16-9-7-13(11-19-16)17(22)20-15-8-6-12(3)10-14(15)18/h6-11H,4-5H2,1-3H3,(H,20,22). The minimum Gasteiger partial charge on any atom is -0.357 e. The molecule has 2 rings (SSSR count). The number of rotatable bonds is 5. The van der Waals surface area contributed by atoms with Crippen LogP contribution in [0.25, 0.3) is 0 Å². The number of carbonyl (C=O) groups is 1. The number of aromatic nitrogens is 1. The number of pyridine rings is 1. The molecule has 0 radical (unpaired) electrons. The Hall–Kier alpha value is -1.88. The molecule has 4 nitrogen and oxygen atoms in total. The van der Waals surface area contributed by atoms with Crippen molar-refractivity contribution in [3.05, 3.63) is 52.1 Å². The molecule has 2 aromatic rings. The van der Waals surface area contributed by atoms with Crippen LogP contribution in [0, 0.1) is 6.92 Å². The Labute approximate surface area is 139 Å². The Bertz CT molecular complexity index is 651. The molecule has 0 aliphatic carbocycles. The van der Waals surface area contributed by atoms with E-state index in [1.807, 2.05) is 31.2 Å². The van der Waals surface area contributed by atoms with Crippen LogP contribution >= 0.6 is 15.9 Å². The van der Waals surface area contributed by atoms with Gasteiger partial charge in [-0.15, -0.1) is 0 Å². The number of nitrogens with one attached hydrogen (secondary N) is 1. The summed E-state index contributed by atoms with van der Waals surface area (Å²) in [6.07, 6.45) is 1.62. The van der Waals surface area contributed by atoms with Crippen LogP contribution in [0.4, 0.5) is 11.5 Å². The maximum Gasteiger partial charge on any atom is 0.257 e. The number of hydrogen-bond acceptors (Lipinski definition) is 3. The first-order valence-corrected chi connectivity index (χ1v) is 8.13. The molecule has 0 saturated heterocycles. The largest absolute Gasteiger partial charge is 0.357 e. The van der Waals surface area contributed by atoms with Crippen molar-refractivity contribution >= 4 is 33.3 Å². The molecule has 0 aliphatic heterocycles. The lowest BCUT2D eigenvalue weighted by Gasteiger charge is -2.19. The van der Waals surface area contributed by atoms with E-state index in [1.54, 1.807) is 12.3 Å². The smallest absolute Gasteiger partial charge is 0.257 e. The SMILES string of the molecule is CCN(CC)c1ccc(C(=O)Nc2ccc(C)cc2Br)cn1. The molecule has 0 saturated carbocycles. The van der Waals surface area contributed by atoms with Gasteiger partial charge in [0.05, 0.1) is 11.3 Å². The topological polar surface area (TPSA) is 45.2 Å². The zero-order chi connectivity index (χ0) is 16.1. The first-order valence-electron chi connectivity index (χ1n) is 7.33. The second-order valence-corrected chi connectivity index (χ2v) is 5.87. The molecule has 1 aromatic heterocycles. The van der Waals surface area contributed by atoms with Crippen LogP contribution in [0.2, 0.25) is 0 Å². The number of amides is 1. The monoisotopic (exact) mass is 361 g/mol. The van der Waals surface area contributed by atoms with Crippen LogP contribution < -0.4 is 10.2 Å². The fraction of sp³-hybridized carbons (Fsp3) is 0.294. The quantitative estimate of drug-likeness (QED) is 0.865. The molecule has 1 N–H and O–H groups in total. The first-order chi connectivity index (χ1) is 10.5. The van der Waals surface area contributed by atoms with Crippen molar-refractivity contribution in [1.29, 1.82) is 0 Å². The maximum absolute atomic E-state index is 12.3. The third kappa shape index (κ3) is 3.85. The van der Waals surface area contributed by atoms with Crippen molar-refractivity contribution < 1.29 is 4.79 Å². The number of benzene rings is 1. The van der Waals surface area contributed by atoms with E-state index in [-0.39, 0.29) is 5.91 Å². The third-order valence-corrected chi connectivity index (χ3v) is 4.13. The maximum atomic E-state index is 12.3. The molecule has 1 amide bonds. The van der Waals surface area contributed by atoms with E-state index in [4.69, 9.17) is 0 Å². The third-order valence-electron chi connectivity index (χ3n) is 3.47. The van der Waals surface area contributed by atoms with Gasteiger partial charge in [-0.05, 0) is 66.5 Å². The summed E-state index contributed by atoms with van der Waals surface area (Å²) in [4.78, 5) is 18.8. The predicted octanol–water partition coefficient (Wildman–Crippen LogP) is 4.25. The molecule has 22 heavy (non-hydrogen) atoms. The normalized spacial score (nSPS) is 10.4. The van der Waals surface area contributed by atoms with Gasteiger partial charge >= 0.3 is 0 Å². The van der Waals surface area contributed by atoms with E-state index in [0.29, 0.717) is 5.56 Å². The van der Waals surface area contributed by atoms with Gasteiger partial charge in [-0.2, -0.15) is 0 Å². The molecule has 0 unspecified atom stereocenters. The summed E-state index contributed by atoms with van der Waals surface area (Å²) in [5, 5.41) is 2.89. The van der Waals surface area contributed by atoms with Gasteiger partial charge in [-0.3, -0.25) is 4.79 Å². The molecule has 116 valence electrons. The summed E-state index contributed by atoms with van der Waals surface area (Å²) >= 11 is 3.46. The van der Waals surface area contributed by atoms with Gasteiger partial charge in [0.1, 0.15) is 5.82 Å². The van der Waals surface area contributed by atoms with E-state index < -0.39 is 0 Å². The molecule has 1 aromatic carbocycles. The van der Waals surface area contributed by atoms with Gasteiger partial charge in [0, 0.05) is 23.8 Å². The van der Waals surface area contributed by atoms with E-state index >= 15 is 0 Å². The van der Waals surface area contributed by atoms with E-state index in [0.717, 1.165) is 34.6 Å². The summed E-state index contributed by atoms with van der Waals surface area (Å²) in [6.45, 7) is 7.96. The van der Waals surface area contributed by atoms with Gasteiger partial charge in [0.2, 0.25) is 0 Å². The molecular formula is C17H20BrN3O. The highest BCUT2D eigenvalue weighted by atomic mass is 79.9. The second kappa shape index (κ2) is 7.40. The summed E-state index contributed by atoms with van der Waals surface area (Å²) in [5.41, 5.74) is 2.43. The summed E-state index contributed by atoms with van der Waals surface area (Å²) in [7, 11) is 0. The number of nitrogens with zero attached hydrogens (tertiary/aromatic N) is 2. The van der Waals surface area contributed by atoms with E-state index in [2.05, 4.69) is 45.0 Å². The minimum absolute atomic E-state index is 0.164. The Balaban J connectivity index is 2.13. The van der Waals surface area contributed by atoms with Crippen LogP contribution in [0.1, 0.15) is 29.8 Å². The molecule has 0 bridgehead atoms. The molecule has 0 spiro atoms. The van der Waals surface area contributed by atoms with Crippen LogP contribution in [-0.2, 0) is 0 Å². The molecular weight excluding hydrogens is 342 g/mol. The van der Waals surface area contributed by atoms with Crippen LogP contribution in [0.3, 0.4) is 0 Å². The van der Waals surface area contributed by atoms with Crippen LogP contribution in [0.5, 0.6) is 0 Å². The van der Waals surface area contributed by atoms with Crippen molar-refractivity contribution in [2.75, 3.05) is 23.3 Å². The van der Waals surface area contributed by atoms with E-state index in [9.17, 15) is 4.79 Å². The van der Waals surface area contributed by atoms with E-state index in [1.165, 1.54) is 0 Å². The van der Waals surface area contributed by atoms with Gasteiger partial charge in [-0.1, -0.05) is 6.07 Å². The summed E-state index contributed by atoms with van der Waals surface area (Å²) < 4.78 is 0.869.